The third-order valence-electron chi connectivity index (χ3n) is 6.05. The number of esters is 1. The number of nitrogens with one attached hydrogen (secondary N) is 1. The van der Waals surface area contributed by atoms with E-state index in [2.05, 4.69) is 10.3 Å². The highest BCUT2D eigenvalue weighted by Gasteiger charge is 2.39. The summed E-state index contributed by atoms with van der Waals surface area (Å²) in [7, 11) is 0. The second kappa shape index (κ2) is 8.85. The van der Waals surface area contributed by atoms with Gasteiger partial charge in [0.15, 0.2) is 0 Å². The molecule has 0 saturated carbocycles. The Kier molecular flexibility index (Phi) is 6.19. The van der Waals surface area contributed by atoms with Gasteiger partial charge in [-0.2, -0.15) is 5.10 Å². The lowest BCUT2D eigenvalue weighted by atomic mass is 9.75. The van der Waals surface area contributed by atoms with Gasteiger partial charge in [-0.3, -0.25) is 14.5 Å². The number of carbonyl (C=O) groups is 2. The zero-order chi connectivity index (χ0) is 21.1. The molecule has 162 valence electrons. The summed E-state index contributed by atoms with van der Waals surface area (Å²) < 4.78 is 12.8. The molecule has 4 heterocycles. The number of carbonyl (C=O) groups excluding carboxylic acids is 2. The fourth-order valence-corrected chi connectivity index (χ4v) is 4.84. The van der Waals surface area contributed by atoms with Crippen LogP contribution in [0.4, 0.5) is 0 Å². The molecule has 2 aliphatic heterocycles. The number of nitrogens with zero attached hydrogens (tertiary/aromatic N) is 3. The SMILES string of the molecule is CCn1nc(CC(C)COC(=O)c2cncs2)c2c1C(=O)NCC1(CCOCC1)C2. The highest BCUT2D eigenvalue weighted by molar-refractivity contribution is 7.11. The molecule has 0 bridgehead atoms. The molecule has 8 nitrogen and oxygen atoms in total. The normalized spacial score (nSPS) is 19.1. The molecule has 9 heteroatoms. The van der Waals surface area contributed by atoms with E-state index in [1.807, 2.05) is 18.5 Å². The van der Waals surface area contributed by atoms with Crippen LogP contribution in [0.15, 0.2) is 11.7 Å². The van der Waals surface area contributed by atoms with Gasteiger partial charge in [0.1, 0.15) is 10.6 Å². The van der Waals surface area contributed by atoms with E-state index in [0.29, 0.717) is 36.7 Å². The molecule has 1 atom stereocenters. The molecule has 2 aliphatic rings. The van der Waals surface area contributed by atoms with Crippen molar-refractivity contribution in [2.45, 2.75) is 46.1 Å². The van der Waals surface area contributed by atoms with E-state index in [1.165, 1.54) is 17.5 Å². The first kappa shape index (κ1) is 21.0. The van der Waals surface area contributed by atoms with Crippen LogP contribution >= 0.6 is 11.3 Å². The zero-order valence-corrected chi connectivity index (χ0v) is 18.3. The molecule has 0 radical (unpaired) electrons. The fourth-order valence-electron chi connectivity index (χ4n) is 4.32. The van der Waals surface area contributed by atoms with Crippen LogP contribution in [0.1, 0.15) is 58.1 Å². The molecule has 1 fully saturated rings. The van der Waals surface area contributed by atoms with Crippen molar-refractivity contribution < 1.29 is 19.1 Å². The van der Waals surface area contributed by atoms with Gasteiger partial charge in [-0.15, -0.1) is 11.3 Å². The lowest BCUT2D eigenvalue weighted by Crippen LogP contribution is -2.40. The van der Waals surface area contributed by atoms with Crippen molar-refractivity contribution in [3.63, 3.8) is 0 Å². The molecule has 2 aromatic rings. The van der Waals surface area contributed by atoms with E-state index in [9.17, 15) is 9.59 Å². The van der Waals surface area contributed by atoms with Gasteiger partial charge in [0.25, 0.3) is 5.91 Å². The summed E-state index contributed by atoms with van der Waals surface area (Å²) in [6.07, 6.45) is 4.88. The van der Waals surface area contributed by atoms with Crippen molar-refractivity contribution in [1.29, 1.82) is 0 Å². The van der Waals surface area contributed by atoms with Gasteiger partial charge < -0.3 is 14.8 Å². The van der Waals surface area contributed by atoms with Crippen LogP contribution < -0.4 is 5.32 Å². The molecule has 1 N–H and O–H groups in total. The molecule has 1 unspecified atom stereocenters. The van der Waals surface area contributed by atoms with Crippen LogP contribution in [0.5, 0.6) is 0 Å². The van der Waals surface area contributed by atoms with Crippen molar-refractivity contribution >= 4 is 23.2 Å². The first-order chi connectivity index (χ1) is 14.5. The summed E-state index contributed by atoms with van der Waals surface area (Å²) in [5.41, 5.74) is 4.32. The third kappa shape index (κ3) is 4.27. The Bertz CT molecular complexity index is 903. The Balaban J connectivity index is 1.52. The molecular formula is C21H28N4O4S. The van der Waals surface area contributed by atoms with E-state index < -0.39 is 0 Å². The van der Waals surface area contributed by atoms with Gasteiger partial charge in [-0.05, 0) is 43.9 Å². The minimum Gasteiger partial charge on any atom is -0.461 e. The number of rotatable bonds is 6. The molecule has 4 rings (SSSR count). The van der Waals surface area contributed by atoms with Crippen LogP contribution in [0.3, 0.4) is 0 Å². The minimum atomic E-state index is -0.345. The van der Waals surface area contributed by atoms with Crippen LogP contribution in [0.25, 0.3) is 0 Å². The second-order valence-corrected chi connectivity index (χ2v) is 9.22. The molecule has 2 aromatic heterocycles. The number of fused-ring (bicyclic) bond motifs is 1. The van der Waals surface area contributed by atoms with Crippen molar-refractivity contribution in [2.75, 3.05) is 26.4 Å². The highest BCUT2D eigenvalue weighted by atomic mass is 32.1. The Morgan fingerprint density at radius 2 is 2.23 bits per heavy atom. The van der Waals surface area contributed by atoms with E-state index >= 15 is 0 Å². The third-order valence-corrected chi connectivity index (χ3v) is 6.80. The molecule has 1 spiro atoms. The van der Waals surface area contributed by atoms with Crippen LogP contribution in [-0.4, -0.2) is 53.0 Å². The van der Waals surface area contributed by atoms with Crippen molar-refractivity contribution in [1.82, 2.24) is 20.1 Å². The second-order valence-electron chi connectivity index (χ2n) is 8.33. The average molecular weight is 433 g/mol. The van der Waals surface area contributed by atoms with Crippen molar-refractivity contribution in [2.24, 2.45) is 11.3 Å². The Hall–Kier alpha value is -2.26. The summed E-state index contributed by atoms with van der Waals surface area (Å²) in [4.78, 5) is 29.4. The first-order valence-corrected chi connectivity index (χ1v) is 11.4. The van der Waals surface area contributed by atoms with Crippen LogP contribution in [0, 0.1) is 11.3 Å². The largest absolute Gasteiger partial charge is 0.461 e. The Morgan fingerprint density at radius 1 is 1.43 bits per heavy atom. The Labute approximate surface area is 180 Å². The predicted molar refractivity (Wildman–Crippen MR) is 112 cm³/mol. The lowest BCUT2D eigenvalue weighted by Gasteiger charge is -2.36. The topological polar surface area (TPSA) is 95.3 Å². The summed E-state index contributed by atoms with van der Waals surface area (Å²) >= 11 is 1.27. The number of ether oxygens (including phenoxy) is 2. The molecule has 0 aliphatic carbocycles. The molecule has 1 amide bonds. The van der Waals surface area contributed by atoms with E-state index in [1.54, 1.807) is 5.51 Å². The van der Waals surface area contributed by atoms with Gasteiger partial charge in [0.05, 0.1) is 24.0 Å². The maximum atomic E-state index is 12.9. The lowest BCUT2D eigenvalue weighted by molar-refractivity contribution is 0.0160. The van der Waals surface area contributed by atoms with Crippen LogP contribution in [-0.2, 0) is 28.9 Å². The van der Waals surface area contributed by atoms with Gasteiger partial charge in [-0.25, -0.2) is 4.79 Å². The van der Waals surface area contributed by atoms with Gasteiger partial charge in [0.2, 0.25) is 0 Å². The number of aryl methyl sites for hydroxylation is 1. The summed E-state index contributed by atoms with van der Waals surface area (Å²) in [6.45, 7) is 7.11. The molecular weight excluding hydrogens is 404 g/mol. The summed E-state index contributed by atoms with van der Waals surface area (Å²) in [6, 6.07) is 0. The van der Waals surface area contributed by atoms with Gasteiger partial charge in [-0.1, -0.05) is 6.92 Å². The van der Waals surface area contributed by atoms with Crippen LogP contribution in [0.2, 0.25) is 0 Å². The monoisotopic (exact) mass is 432 g/mol. The Morgan fingerprint density at radius 3 is 2.93 bits per heavy atom. The van der Waals surface area contributed by atoms with E-state index in [4.69, 9.17) is 14.6 Å². The standard InChI is InChI=1S/C21H28N4O4S/c1-3-25-18-15(9-21(12-23-19(18)26)4-6-28-7-5-21)16(24-25)8-14(2)11-29-20(27)17-10-22-13-30-17/h10,13-14H,3-9,11-12H2,1-2H3,(H,23,26). The van der Waals surface area contributed by atoms with Crippen molar-refractivity contribution in [3.8, 4) is 0 Å². The number of hydrogen-bond donors (Lipinski definition) is 1. The highest BCUT2D eigenvalue weighted by Crippen LogP contribution is 2.38. The number of amides is 1. The minimum absolute atomic E-state index is 0.0252. The van der Waals surface area contributed by atoms with Gasteiger partial charge >= 0.3 is 5.97 Å². The summed E-state index contributed by atoms with van der Waals surface area (Å²) in [5, 5.41) is 7.90. The quantitative estimate of drug-likeness (QED) is 0.705. The number of thiazole rings is 1. The van der Waals surface area contributed by atoms with Gasteiger partial charge in [0, 0.05) is 31.9 Å². The average Bonchev–Trinajstić information content (AvgIpc) is 3.37. The zero-order valence-electron chi connectivity index (χ0n) is 17.5. The fraction of sp³-hybridized carbons (Fsp3) is 0.619. The van der Waals surface area contributed by atoms with Crippen molar-refractivity contribution in [3.05, 3.63) is 33.5 Å². The molecule has 30 heavy (non-hydrogen) atoms. The number of hydrogen-bond acceptors (Lipinski definition) is 7. The molecule has 1 saturated heterocycles. The maximum absolute atomic E-state index is 12.9. The number of aromatic nitrogens is 3. The molecule has 0 aromatic carbocycles. The van der Waals surface area contributed by atoms with E-state index in [-0.39, 0.29) is 23.2 Å². The maximum Gasteiger partial charge on any atom is 0.349 e. The summed E-state index contributed by atoms with van der Waals surface area (Å²) in [5.74, 6) is -0.302. The first-order valence-electron chi connectivity index (χ1n) is 10.5. The predicted octanol–water partition coefficient (Wildman–Crippen LogP) is 2.48. The smallest absolute Gasteiger partial charge is 0.349 e. The van der Waals surface area contributed by atoms with E-state index in [0.717, 1.165) is 43.7 Å².